The molecule has 0 aromatic rings. The molecule has 66 valence electrons. The van der Waals surface area contributed by atoms with Crippen LogP contribution < -0.4 is 0 Å². The van der Waals surface area contributed by atoms with Crippen LogP contribution >= 0.6 is 10.0 Å². The van der Waals surface area contributed by atoms with Crippen LogP contribution in [0.5, 0.6) is 0 Å². The van der Waals surface area contributed by atoms with Gasteiger partial charge in [-0.05, 0) is 30.6 Å². The predicted octanol–water partition coefficient (Wildman–Crippen LogP) is 3.53. The molecule has 0 unspecified atom stereocenters. The Balaban J connectivity index is 2.50. The molecule has 0 atom stereocenters. The molecule has 0 nitrogen and oxygen atoms in total. The average Bonchev–Trinajstić information content (AvgIpc) is 2.06. The third-order valence-corrected chi connectivity index (χ3v) is 5.89. The van der Waals surface area contributed by atoms with Crippen LogP contribution in [0.15, 0.2) is 12.0 Å². The topological polar surface area (TPSA) is 0 Å². The van der Waals surface area contributed by atoms with Crippen molar-refractivity contribution in [3.05, 3.63) is 12.0 Å². The summed E-state index contributed by atoms with van der Waals surface area (Å²) in [5.41, 5.74) is 0. The molecule has 0 heterocycles. The average molecular weight is 172 g/mol. The molecule has 1 saturated carbocycles. The SMILES string of the molecule is C=CS(C)(C)C1CCCCC1. The van der Waals surface area contributed by atoms with Crippen molar-refractivity contribution < 1.29 is 0 Å². The lowest BCUT2D eigenvalue weighted by Crippen LogP contribution is -2.17. The summed E-state index contributed by atoms with van der Waals surface area (Å²) < 4.78 is 0. The highest BCUT2D eigenvalue weighted by atomic mass is 32.3. The van der Waals surface area contributed by atoms with Crippen molar-refractivity contribution >= 4 is 10.0 Å². The molecule has 0 saturated heterocycles. The van der Waals surface area contributed by atoms with Crippen molar-refractivity contribution in [3.8, 4) is 0 Å². The minimum absolute atomic E-state index is 0.457. The van der Waals surface area contributed by atoms with Crippen molar-refractivity contribution in [2.24, 2.45) is 0 Å². The third kappa shape index (κ3) is 2.26. The summed E-state index contributed by atoms with van der Waals surface area (Å²) >= 11 is 0. The molecule has 1 aliphatic carbocycles. The largest absolute Gasteiger partial charge is 0.225 e. The second kappa shape index (κ2) is 3.66. The summed E-state index contributed by atoms with van der Waals surface area (Å²) in [6, 6.07) is 0. The normalized spacial score (nSPS) is 23.1. The van der Waals surface area contributed by atoms with Gasteiger partial charge in [0.15, 0.2) is 0 Å². The molecule has 1 heteroatoms. The molecular formula is C10H20S. The van der Waals surface area contributed by atoms with Gasteiger partial charge >= 0.3 is 0 Å². The predicted molar refractivity (Wildman–Crippen MR) is 56.5 cm³/mol. The quantitative estimate of drug-likeness (QED) is 0.598. The molecule has 0 amide bonds. The fourth-order valence-corrected chi connectivity index (χ4v) is 3.63. The molecule has 0 spiro atoms. The van der Waals surface area contributed by atoms with Crippen LogP contribution in [0.1, 0.15) is 32.1 Å². The summed E-state index contributed by atoms with van der Waals surface area (Å²) in [7, 11) is -0.457. The van der Waals surface area contributed by atoms with Crippen LogP contribution in [-0.2, 0) is 0 Å². The number of rotatable bonds is 2. The zero-order valence-electron chi connectivity index (χ0n) is 7.81. The maximum absolute atomic E-state index is 3.94. The molecule has 0 N–H and O–H groups in total. The summed E-state index contributed by atoms with van der Waals surface area (Å²) in [6.45, 7) is 3.94. The lowest BCUT2D eigenvalue weighted by molar-refractivity contribution is 0.513. The minimum Gasteiger partial charge on any atom is -0.225 e. The zero-order chi connectivity index (χ0) is 8.32. The van der Waals surface area contributed by atoms with Gasteiger partial charge < -0.3 is 0 Å². The van der Waals surface area contributed by atoms with Crippen LogP contribution in [0.3, 0.4) is 0 Å². The van der Waals surface area contributed by atoms with Crippen molar-refractivity contribution in [3.63, 3.8) is 0 Å². The summed E-state index contributed by atoms with van der Waals surface area (Å²) in [6.07, 6.45) is 12.1. The van der Waals surface area contributed by atoms with E-state index in [1.807, 2.05) is 0 Å². The summed E-state index contributed by atoms with van der Waals surface area (Å²) in [4.78, 5) is 0. The minimum atomic E-state index is -0.457. The highest BCUT2D eigenvalue weighted by Gasteiger charge is 2.23. The Labute approximate surface area is 72.4 Å². The number of hydrogen-bond donors (Lipinski definition) is 0. The Kier molecular flexibility index (Phi) is 3.06. The van der Waals surface area contributed by atoms with Crippen LogP contribution in [-0.4, -0.2) is 17.8 Å². The van der Waals surface area contributed by atoms with Crippen LogP contribution in [0.2, 0.25) is 0 Å². The second-order valence-corrected chi connectivity index (χ2v) is 7.89. The first-order valence-corrected chi connectivity index (χ1v) is 7.09. The Hall–Kier alpha value is 0.0900. The first-order chi connectivity index (χ1) is 5.17. The van der Waals surface area contributed by atoms with Crippen molar-refractivity contribution in [1.29, 1.82) is 0 Å². The van der Waals surface area contributed by atoms with E-state index in [0.717, 1.165) is 5.25 Å². The molecule has 0 radical (unpaired) electrons. The first kappa shape index (κ1) is 9.18. The fraction of sp³-hybridized carbons (Fsp3) is 0.800. The van der Waals surface area contributed by atoms with Gasteiger partial charge in [-0.3, -0.25) is 0 Å². The van der Waals surface area contributed by atoms with Crippen LogP contribution in [0, 0.1) is 0 Å². The van der Waals surface area contributed by atoms with E-state index in [1.165, 1.54) is 32.1 Å². The summed E-state index contributed by atoms with van der Waals surface area (Å²) in [5.74, 6) is 0. The molecule has 0 aromatic heterocycles. The van der Waals surface area contributed by atoms with Gasteiger partial charge in [0.1, 0.15) is 0 Å². The van der Waals surface area contributed by atoms with Crippen molar-refractivity contribution in [2.45, 2.75) is 37.4 Å². The van der Waals surface area contributed by atoms with Crippen LogP contribution in [0.4, 0.5) is 0 Å². The zero-order valence-corrected chi connectivity index (χ0v) is 8.62. The van der Waals surface area contributed by atoms with Gasteiger partial charge in [-0.2, -0.15) is 0 Å². The molecule has 0 aliphatic heterocycles. The van der Waals surface area contributed by atoms with Crippen molar-refractivity contribution in [1.82, 2.24) is 0 Å². The third-order valence-electron chi connectivity index (χ3n) is 2.84. The molecule has 1 aliphatic rings. The Bertz CT molecular complexity index is 132. The van der Waals surface area contributed by atoms with Gasteiger partial charge in [-0.15, -0.1) is 0 Å². The second-order valence-electron chi connectivity index (χ2n) is 3.91. The van der Waals surface area contributed by atoms with E-state index in [9.17, 15) is 0 Å². The maximum atomic E-state index is 3.94. The van der Waals surface area contributed by atoms with E-state index >= 15 is 0 Å². The molecule has 0 aromatic carbocycles. The van der Waals surface area contributed by atoms with Crippen LogP contribution in [0.25, 0.3) is 0 Å². The maximum Gasteiger partial charge on any atom is -0.00837 e. The lowest BCUT2D eigenvalue weighted by atomic mass is 10.0. The standard InChI is InChI=1S/C10H20S/c1-4-11(2,3)10-8-6-5-7-9-10/h4,10H,1,5-9H2,2-3H3. The molecule has 11 heavy (non-hydrogen) atoms. The number of hydrogen-bond acceptors (Lipinski definition) is 0. The molecular weight excluding hydrogens is 152 g/mol. The molecule has 1 rings (SSSR count). The first-order valence-electron chi connectivity index (χ1n) is 4.51. The molecule has 1 fully saturated rings. The van der Waals surface area contributed by atoms with Gasteiger partial charge in [-0.25, -0.2) is 10.0 Å². The van der Waals surface area contributed by atoms with Gasteiger partial charge in [-0.1, -0.05) is 31.2 Å². The van der Waals surface area contributed by atoms with Gasteiger partial charge in [0, 0.05) is 0 Å². The Morgan fingerprint density at radius 1 is 1.18 bits per heavy atom. The van der Waals surface area contributed by atoms with E-state index < -0.39 is 10.0 Å². The lowest BCUT2D eigenvalue weighted by Gasteiger charge is -2.39. The smallest absolute Gasteiger partial charge is 0.00837 e. The summed E-state index contributed by atoms with van der Waals surface area (Å²) in [5, 5.41) is 3.19. The fourth-order valence-electron chi connectivity index (χ4n) is 1.81. The van der Waals surface area contributed by atoms with Crippen molar-refractivity contribution in [2.75, 3.05) is 12.5 Å². The van der Waals surface area contributed by atoms with Gasteiger partial charge in [0.05, 0.1) is 0 Å². The molecule has 0 bridgehead atoms. The van der Waals surface area contributed by atoms with E-state index in [-0.39, 0.29) is 0 Å². The highest BCUT2D eigenvalue weighted by Crippen LogP contribution is 2.51. The Morgan fingerprint density at radius 2 is 1.73 bits per heavy atom. The monoisotopic (exact) mass is 172 g/mol. The highest BCUT2D eigenvalue weighted by molar-refractivity contribution is 8.35. The van der Waals surface area contributed by atoms with E-state index in [0.29, 0.717) is 0 Å². The van der Waals surface area contributed by atoms with E-state index in [1.54, 1.807) is 0 Å². The van der Waals surface area contributed by atoms with Gasteiger partial charge in [0.25, 0.3) is 0 Å². The van der Waals surface area contributed by atoms with E-state index in [4.69, 9.17) is 0 Å². The van der Waals surface area contributed by atoms with E-state index in [2.05, 4.69) is 24.5 Å². The Morgan fingerprint density at radius 3 is 2.18 bits per heavy atom. The van der Waals surface area contributed by atoms with Gasteiger partial charge in [0.2, 0.25) is 0 Å².